The molecule has 2 aromatic rings. The molecule has 11 nitrogen and oxygen atoms in total. The summed E-state index contributed by atoms with van der Waals surface area (Å²) < 4.78 is 23.7. The largest absolute Gasteiger partial charge is 0.405 e. The first-order chi connectivity index (χ1) is 18.9. The van der Waals surface area contributed by atoms with Crippen LogP contribution in [0, 0.1) is 0 Å². The highest BCUT2D eigenvalue weighted by molar-refractivity contribution is 6.99. The molecule has 2 saturated heterocycles. The smallest absolute Gasteiger partial charge is 0.261 e. The maximum Gasteiger partial charge on any atom is 0.261 e. The molecular weight excluding hydrogens is 540 g/mol. The Bertz CT molecular complexity index is 1040. The van der Waals surface area contributed by atoms with Gasteiger partial charge in [0.05, 0.1) is 13.2 Å². The Balaban J connectivity index is 1.62. The third-order valence-electron chi connectivity index (χ3n) is 7.77. The lowest BCUT2D eigenvalue weighted by Gasteiger charge is -2.44. The Hall–Kier alpha value is -1.78. The van der Waals surface area contributed by atoms with E-state index >= 15 is 0 Å². The summed E-state index contributed by atoms with van der Waals surface area (Å²) in [5.41, 5.74) is 0. The van der Waals surface area contributed by atoms with E-state index in [0.717, 1.165) is 10.4 Å². The van der Waals surface area contributed by atoms with E-state index in [0.29, 0.717) is 0 Å². The van der Waals surface area contributed by atoms with Crippen LogP contribution >= 0.6 is 0 Å². The number of benzene rings is 2. The van der Waals surface area contributed by atoms with Crippen LogP contribution in [-0.4, -0.2) is 119 Å². The lowest BCUT2D eigenvalue weighted by Crippen LogP contribution is -2.67. The van der Waals surface area contributed by atoms with E-state index in [1.165, 1.54) is 0 Å². The minimum absolute atomic E-state index is 0.175. The van der Waals surface area contributed by atoms with E-state index in [1.807, 2.05) is 60.7 Å². The van der Waals surface area contributed by atoms with Crippen LogP contribution in [0.25, 0.3) is 0 Å². The Morgan fingerprint density at radius 1 is 0.775 bits per heavy atom. The van der Waals surface area contributed by atoms with Gasteiger partial charge in [-0.05, 0) is 15.4 Å². The van der Waals surface area contributed by atoms with Gasteiger partial charge in [0, 0.05) is 0 Å². The van der Waals surface area contributed by atoms with Gasteiger partial charge in [-0.3, -0.25) is 0 Å². The van der Waals surface area contributed by atoms with Gasteiger partial charge in [0.25, 0.3) is 8.32 Å². The Morgan fingerprint density at radius 3 is 1.80 bits per heavy atom. The number of hydrogen-bond donors (Lipinski definition) is 7. The molecule has 0 aliphatic carbocycles. The van der Waals surface area contributed by atoms with E-state index < -0.39 is 76.3 Å². The molecular formula is C28H40O11Si. The molecule has 0 unspecified atom stereocenters. The highest BCUT2D eigenvalue weighted by Gasteiger charge is 2.59. The standard InChI is InChI=1S/C28H40O11Si/c1-27(2,3)40(17-10-6-4-7-11-17,18-12-8-5-9-13-18)36-15-20-22(32)25(35)28(16-30,38-20)39-26-24(34)23(33)21(31)19(14-29)37-26/h4-13,19-26,29-35H,14-16H2,1-3H3/t19-,20-,21-,22-,23+,24-,25+,26-,28+/m1/s1. The monoisotopic (exact) mass is 580 g/mol. The predicted molar refractivity (Wildman–Crippen MR) is 145 cm³/mol. The number of ether oxygens (including phenoxy) is 3. The quantitative estimate of drug-likeness (QED) is 0.166. The molecule has 12 heteroatoms. The molecule has 2 heterocycles. The summed E-state index contributed by atoms with van der Waals surface area (Å²) >= 11 is 0. The number of aliphatic hydroxyl groups excluding tert-OH is 7. The molecule has 0 spiro atoms. The van der Waals surface area contributed by atoms with Crippen molar-refractivity contribution < 1.29 is 54.4 Å². The third kappa shape index (κ3) is 5.52. The van der Waals surface area contributed by atoms with Crippen LogP contribution in [0.15, 0.2) is 60.7 Å². The van der Waals surface area contributed by atoms with Gasteiger partial charge in [0.1, 0.15) is 49.3 Å². The van der Waals surface area contributed by atoms with Crippen molar-refractivity contribution in [1.82, 2.24) is 0 Å². The predicted octanol–water partition coefficient (Wildman–Crippen LogP) is -1.81. The number of aliphatic hydroxyl groups is 7. The van der Waals surface area contributed by atoms with Crippen molar-refractivity contribution in [1.29, 1.82) is 0 Å². The van der Waals surface area contributed by atoms with Crippen molar-refractivity contribution in [3.05, 3.63) is 60.7 Å². The highest BCUT2D eigenvalue weighted by atomic mass is 28.4. The van der Waals surface area contributed by atoms with Gasteiger partial charge in [-0.25, -0.2) is 0 Å². The van der Waals surface area contributed by atoms with E-state index in [2.05, 4.69) is 20.8 Å². The van der Waals surface area contributed by atoms with Crippen LogP contribution in [0.4, 0.5) is 0 Å². The summed E-state index contributed by atoms with van der Waals surface area (Å²) in [4.78, 5) is 0. The molecule has 7 N–H and O–H groups in total. The van der Waals surface area contributed by atoms with Crippen molar-refractivity contribution in [3.63, 3.8) is 0 Å². The summed E-state index contributed by atoms with van der Waals surface area (Å²) in [7, 11) is -3.04. The zero-order valence-electron chi connectivity index (χ0n) is 22.8. The topological polar surface area (TPSA) is 179 Å². The molecule has 222 valence electrons. The number of hydrogen-bond acceptors (Lipinski definition) is 11. The summed E-state index contributed by atoms with van der Waals surface area (Å²) in [6.45, 7) is 4.43. The molecule has 2 fully saturated rings. The van der Waals surface area contributed by atoms with Crippen molar-refractivity contribution in [2.75, 3.05) is 19.8 Å². The van der Waals surface area contributed by atoms with E-state index in [9.17, 15) is 35.7 Å². The van der Waals surface area contributed by atoms with Crippen molar-refractivity contribution in [2.24, 2.45) is 0 Å². The summed E-state index contributed by atoms with van der Waals surface area (Å²) in [5, 5.41) is 73.9. The van der Waals surface area contributed by atoms with E-state index in [4.69, 9.17) is 18.6 Å². The maximum atomic E-state index is 11.0. The highest BCUT2D eigenvalue weighted by Crippen LogP contribution is 2.40. The van der Waals surface area contributed by atoms with Crippen molar-refractivity contribution in [2.45, 2.75) is 80.6 Å². The molecule has 0 aromatic heterocycles. The second-order valence-corrected chi connectivity index (χ2v) is 15.7. The van der Waals surface area contributed by atoms with Gasteiger partial charge in [0.2, 0.25) is 5.79 Å². The first kappa shape index (κ1) is 31.2. The Kier molecular flexibility index (Phi) is 9.52. The van der Waals surface area contributed by atoms with E-state index in [1.54, 1.807) is 0 Å². The lowest BCUT2D eigenvalue weighted by atomic mass is 9.99. The van der Waals surface area contributed by atoms with Gasteiger partial charge >= 0.3 is 0 Å². The summed E-state index contributed by atoms with van der Waals surface area (Å²) in [5.74, 6) is -2.26. The minimum Gasteiger partial charge on any atom is -0.405 e. The van der Waals surface area contributed by atoms with Gasteiger partial charge < -0.3 is 54.4 Å². The average molecular weight is 581 g/mol. The summed E-state index contributed by atoms with van der Waals surface area (Å²) in [6, 6.07) is 19.6. The Morgan fingerprint density at radius 2 is 1.32 bits per heavy atom. The maximum absolute atomic E-state index is 11.0. The number of rotatable bonds is 9. The second kappa shape index (κ2) is 12.2. The van der Waals surface area contributed by atoms with Crippen LogP contribution in [0.2, 0.25) is 5.04 Å². The fourth-order valence-electron chi connectivity index (χ4n) is 5.59. The van der Waals surface area contributed by atoms with Crippen molar-refractivity contribution in [3.8, 4) is 0 Å². The summed E-state index contributed by atoms with van der Waals surface area (Å²) in [6.07, 6.45) is -12.7. The van der Waals surface area contributed by atoms with E-state index in [-0.39, 0.29) is 11.6 Å². The molecule has 2 aliphatic heterocycles. The minimum atomic E-state index is -3.04. The van der Waals surface area contributed by atoms with Crippen LogP contribution in [0.3, 0.4) is 0 Å². The SMILES string of the molecule is CC(C)(C)[Si](OC[C@H]1O[C@@](CO)(O[C@H]2O[C@H](CO)[C@@H](O)[C@H](O)[C@H]2O)[C@@H](O)[C@@H]1O)(c1ccccc1)c1ccccc1. The molecule has 0 bridgehead atoms. The normalized spacial score (nSPS) is 35.1. The zero-order valence-corrected chi connectivity index (χ0v) is 23.8. The molecule has 2 aliphatic rings. The van der Waals surface area contributed by atoms with Crippen LogP contribution in [0.1, 0.15) is 20.8 Å². The molecule has 40 heavy (non-hydrogen) atoms. The average Bonchev–Trinajstić information content (AvgIpc) is 3.19. The molecule has 0 radical (unpaired) electrons. The van der Waals surface area contributed by atoms with Gasteiger partial charge in [-0.15, -0.1) is 0 Å². The molecule has 4 rings (SSSR count). The fourth-order valence-corrected chi connectivity index (χ4v) is 10.2. The molecule has 9 atom stereocenters. The Labute approximate surface area is 234 Å². The molecule has 2 aromatic carbocycles. The van der Waals surface area contributed by atoms with Crippen LogP contribution < -0.4 is 10.4 Å². The second-order valence-electron chi connectivity index (χ2n) is 11.4. The third-order valence-corrected chi connectivity index (χ3v) is 12.8. The van der Waals surface area contributed by atoms with Crippen molar-refractivity contribution >= 4 is 18.7 Å². The van der Waals surface area contributed by atoms with Gasteiger partial charge in [-0.2, -0.15) is 0 Å². The first-order valence-electron chi connectivity index (χ1n) is 13.3. The first-order valence-corrected chi connectivity index (χ1v) is 15.2. The van der Waals surface area contributed by atoms with Crippen LogP contribution in [0.5, 0.6) is 0 Å². The van der Waals surface area contributed by atoms with Gasteiger partial charge in [-0.1, -0.05) is 81.4 Å². The molecule has 0 saturated carbocycles. The molecule has 0 amide bonds. The van der Waals surface area contributed by atoms with Crippen LogP contribution in [-0.2, 0) is 18.6 Å². The van der Waals surface area contributed by atoms with Gasteiger partial charge in [0.15, 0.2) is 6.29 Å². The lowest BCUT2D eigenvalue weighted by molar-refractivity contribution is -0.383. The fraction of sp³-hybridized carbons (Fsp3) is 0.571. The zero-order chi connectivity index (χ0) is 29.3.